The zero-order valence-electron chi connectivity index (χ0n) is 14.8. The molecule has 5 nitrogen and oxygen atoms in total. The monoisotopic (exact) mass is 313 g/mol. The van der Waals surface area contributed by atoms with E-state index in [9.17, 15) is 0 Å². The lowest BCUT2D eigenvalue weighted by Gasteiger charge is -2.21. The molecule has 5 heteroatoms. The number of hydrogen-bond donors (Lipinski definition) is 0. The van der Waals surface area contributed by atoms with Crippen molar-refractivity contribution in [3.8, 4) is 0 Å². The van der Waals surface area contributed by atoms with E-state index in [-0.39, 0.29) is 0 Å². The third-order valence-corrected chi connectivity index (χ3v) is 3.85. The fourth-order valence-electron chi connectivity index (χ4n) is 2.40. The van der Waals surface area contributed by atoms with Crippen molar-refractivity contribution in [1.29, 1.82) is 0 Å². The summed E-state index contributed by atoms with van der Waals surface area (Å²) in [4.78, 5) is 15.6. The average molecular weight is 313 g/mol. The fourth-order valence-corrected chi connectivity index (χ4v) is 2.40. The third-order valence-electron chi connectivity index (χ3n) is 3.85. The van der Waals surface area contributed by atoms with Gasteiger partial charge in [0.15, 0.2) is 0 Å². The number of rotatable bonds is 7. The van der Waals surface area contributed by atoms with Crippen LogP contribution in [0.5, 0.6) is 0 Å². The van der Waals surface area contributed by atoms with Gasteiger partial charge in [0.1, 0.15) is 0 Å². The second-order valence-corrected chi connectivity index (χ2v) is 6.10. The lowest BCUT2D eigenvalue weighted by molar-refractivity contribution is 0.265. The summed E-state index contributed by atoms with van der Waals surface area (Å²) in [5.74, 6) is 0. The standard InChI is InChI=1S/C18H27N5/c1-6-23(13-15-11-17(21(2)3)7-9-19-15)14-16-12-18(22(4)5)8-10-20-16/h7-12H,6,13-14H2,1-5H3. The molecule has 23 heavy (non-hydrogen) atoms. The maximum absolute atomic E-state index is 4.50. The van der Waals surface area contributed by atoms with Crippen LogP contribution in [-0.4, -0.2) is 49.6 Å². The van der Waals surface area contributed by atoms with Gasteiger partial charge < -0.3 is 9.80 Å². The molecule has 2 aromatic rings. The Bertz CT molecular complexity index is 571. The summed E-state index contributed by atoms with van der Waals surface area (Å²) in [5.41, 5.74) is 4.53. The topological polar surface area (TPSA) is 35.5 Å². The smallest absolute Gasteiger partial charge is 0.0564 e. The van der Waals surface area contributed by atoms with E-state index < -0.39 is 0 Å². The zero-order chi connectivity index (χ0) is 16.8. The average Bonchev–Trinajstić information content (AvgIpc) is 2.54. The first-order valence-electron chi connectivity index (χ1n) is 7.96. The highest BCUT2D eigenvalue weighted by Crippen LogP contribution is 2.16. The van der Waals surface area contributed by atoms with E-state index in [1.165, 1.54) is 11.4 Å². The molecule has 2 rings (SSSR count). The van der Waals surface area contributed by atoms with Gasteiger partial charge in [-0.25, -0.2) is 0 Å². The molecule has 0 saturated carbocycles. The molecule has 0 fully saturated rings. The number of pyridine rings is 2. The minimum atomic E-state index is 0.825. The Morgan fingerprint density at radius 1 is 0.783 bits per heavy atom. The molecule has 0 aromatic carbocycles. The molecular weight excluding hydrogens is 286 g/mol. The van der Waals surface area contributed by atoms with Gasteiger partial charge in [0.2, 0.25) is 0 Å². The summed E-state index contributed by atoms with van der Waals surface area (Å²) in [7, 11) is 8.20. The van der Waals surface area contributed by atoms with E-state index in [1.54, 1.807) is 0 Å². The van der Waals surface area contributed by atoms with E-state index >= 15 is 0 Å². The van der Waals surface area contributed by atoms with Crippen LogP contribution in [0.3, 0.4) is 0 Å². The fraction of sp³-hybridized carbons (Fsp3) is 0.444. The highest BCUT2D eigenvalue weighted by molar-refractivity contribution is 5.45. The van der Waals surface area contributed by atoms with Crippen LogP contribution < -0.4 is 9.80 Å². The molecule has 0 radical (unpaired) electrons. The van der Waals surface area contributed by atoms with Gasteiger partial charge in [-0.05, 0) is 30.8 Å². The van der Waals surface area contributed by atoms with Crippen LogP contribution in [-0.2, 0) is 13.1 Å². The first kappa shape index (κ1) is 17.2. The van der Waals surface area contributed by atoms with Crippen molar-refractivity contribution >= 4 is 11.4 Å². The van der Waals surface area contributed by atoms with Gasteiger partial charge in [-0.3, -0.25) is 14.9 Å². The lowest BCUT2D eigenvalue weighted by atomic mass is 10.2. The minimum Gasteiger partial charge on any atom is -0.378 e. The maximum Gasteiger partial charge on any atom is 0.0564 e. The Morgan fingerprint density at radius 3 is 1.57 bits per heavy atom. The van der Waals surface area contributed by atoms with Crippen molar-refractivity contribution in [2.24, 2.45) is 0 Å². The largest absolute Gasteiger partial charge is 0.378 e. The van der Waals surface area contributed by atoms with Crippen molar-refractivity contribution in [1.82, 2.24) is 14.9 Å². The lowest BCUT2D eigenvalue weighted by Crippen LogP contribution is -2.24. The quantitative estimate of drug-likeness (QED) is 0.785. The van der Waals surface area contributed by atoms with Gasteiger partial charge >= 0.3 is 0 Å². The van der Waals surface area contributed by atoms with Gasteiger partial charge in [-0.15, -0.1) is 0 Å². The minimum absolute atomic E-state index is 0.825. The van der Waals surface area contributed by atoms with Crippen LogP contribution in [0.4, 0.5) is 11.4 Å². The second-order valence-electron chi connectivity index (χ2n) is 6.10. The molecule has 0 amide bonds. The van der Waals surface area contributed by atoms with E-state index in [2.05, 4.69) is 43.7 Å². The summed E-state index contributed by atoms with van der Waals surface area (Å²) in [5, 5.41) is 0. The van der Waals surface area contributed by atoms with E-state index in [0.29, 0.717) is 0 Å². The molecule has 2 aromatic heterocycles. The molecule has 0 unspecified atom stereocenters. The predicted molar refractivity (Wildman–Crippen MR) is 96.9 cm³/mol. The number of hydrogen-bond acceptors (Lipinski definition) is 5. The van der Waals surface area contributed by atoms with Gasteiger partial charge in [-0.1, -0.05) is 6.92 Å². The van der Waals surface area contributed by atoms with Gasteiger partial charge in [-0.2, -0.15) is 0 Å². The Kier molecular flexibility index (Phi) is 5.93. The molecule has 0 saturated heterocycles. The Morgan fingerprint density at radius 2 is 1.22 bits per heavy atom. The van der Waals surface area contributed by atoms with Crippen molar-refractivity contribution in [3.63, 3.8) is 0 Å². The van der Waals surface area contributed by atoms with Crippen molar-refractivity contribution in [3.05, 3.63) is 48.0 Å². The molecule has 0 spiro atoms. The summed E-state index contributed by atoms with van der Waals surface area (Å²) in [6.45, 7) is 4.78. The summed E-state index contributed by atoms with van der Waals surface area (Å²) in [6, 6.07) is 8.35. The SMILES string of the molecule is CCN(Cc1cc(N(C)C)ccn1)Cc1cc(N(C)C)ccn1. The van der Waals surface area contributed by atoms with Crippen LogP contribution in [0.2, 0.25) is 0 Å². The van der Waals surface area contributed by atoms with Crippen LogP contribution in [0, 0.1) is 0 Å². The Hall–Kier alpha value is -2.14. The Labute approximate surface area is 139 Å². The predicted octanol–water partition coefficient (Wildman–Crippen LogP) is 2.63. The molecule has 0 aliphatic carbocycles. The zero-order valence-corrected chi connectivity index (χ0v) is 14.8. The van der Waals surface area contributed by atoms with Crippen molar-refractivity contribution in [2.45, 2.75) is 20.0 Å². The number of anilines is 2. The van der Waals surface area contributed by atoms with Crippen LogP contribution in [0.25, 0.3) is 0 Å². The second kappa shape index (κ2) is 7.92. The first-order chi connectivity index (χ1) is 11.0. The maximum atomic E-state index is 4.50. The molecule has 2 heterocycles. The summed E-state index contributed by atoms with van der Waals surface area (Å²) >= 11 is 0. The number of nitrogens with zero attached hydrogens (tertiary/aromatic N) is 5. The van der Waals surface area contributed by atoms with Crippen LogP contribution in [0.15, 0.2) is 36.7 Å². The van der Waals surface area contributed by atoms with Crippen molar-refractivity contribution in [2.75, 3.05) is 44.5 Å². The highest BCUT2D eigenvalue weighted by atomic mass is 15.1. The number of aromatic nitrogens is 2. The van der Waals surface area contributed by atoms with Crippen LogP contribution in [0.1, 0.15) is 18.3 Å². The van der Waals surface area contributed by atoms with Gasteiger partial charge in [0.05, 0.1) is 11.4 Å². The molecule has 0 aliphatic rings. The van der Waals surface area contributed by atoms with Crippen molar-refractivity contribution < 1.29 is 0 Å². The van der Waals surface area contributed by atoms with Gasteiger partial charge in [0.25, 0.3) is 0 Å². The molecule has 0 atom stereocenters. The highest BCUT2D eigenvalue weighted by Gasteiger charge is 2.09. The van der Waals surface area contributed by atoms with E-state index in [1.807, 2.05) is 52.7 Å². The van der Waals surface area contributed by atoms with E-state index in [0.717, 1.165) is 31.0 Å². The van der Waals surface area contributed by atoms with Crippen LogP contribution >= 0.6 is 0 Å². The first-order valence-corrected chi connectivity index (χ1v) is 7.96. The summed E-state index contributed by atoms with van der Waals surface area (Å²) in [6.07, 6.45) is 3.76. The Balaban J connectivity index is 2.08. The molecular formula is C18H27N5. The van der Waals surface area contributed by atoms with Gasteiger partial charge in [0, 0.05) is 65.0 Å². The third kappa shape index (κ3) is 4.93. The molecule has 0 aliphatic heterocycles. The molecule has 0 N–H and O–H groups in total. The van der Waals surface area contributed by atoms with E-state index in [4.69, 9.17) is 0 Å². The molecule has 0 bridgehead atoms. The summed E-state index contributed by atoms with van der Waals surface area (Å²) < 4.78 is 0. The molecule has 124 valence electrons. The normalized spacial score (nSPS) is 10.9.